The molecule has 120 valence electrons. The first-order chi connectivity index (χ1) is 10.2. The van der Waals surface area contributed by atoms with Crippen LogP contribution in [0.25, 0.3) is 0 Å². The first-order valence-corrected chi connectivity index (χ1v) is 6.50. The van der Waals surface area contributed by atoms with Crippen LogP contribution in [0.1, 0.15) is 0 Å². The van der Waals surface area contributed by atoms with Crippen LogP contribution in [-0.2, 0) is 4.79 Å². The summed E-state index contributed by atoms with van der Waals surface area (Å²) in [5.41, 5.74) is 0.190. The third kappa shape index (κ3) is 4.42. The zero-order valence-electron chi connectivity index (χ0n) is 11.0. The summed E-state index contributed by atoms with van der Waals surface area (Å²) in [5.74, 6) is -0.849. The van der Waals surface area contributed by atoms with Crippen molar-refractivity contribution in [3.63, 3.8) is 0 Å². The highest BCUT2D eigenvalue weighted by Crippen LogP contribution is 2.32. The maximum absolute atomic E-state index is 12.1. The summed E-state index contributed by atoms with van der Waals surface area (Å²) in [6.45, 7) is 0.584. The number of piperazine rings is 1. The Morgan fingerprint density at radius 3 is 2.73 bits per heavy atom. The smallest absolute Gasteiger partial charge is 0.404 e. The highest BCUT2D eigenvalue weighted by atomic mass is 35.5. The monoisotopic (exact) mass is 337 g/mol. The molecule has 3 amide bonds. The van der Waals surface area contributed by atoms with Gasteiger partial charge >= 0.3 is 12.4 Å². The number of ether oxygens (including phenoxy) is 1. The molecule has 0 saturated carbocycles. The van der Waals surface area contributed by atoms with Crippen LogP contribution in [-0.4, -0.2) is 42.8 Å². The van der Waals surface area contributed by atoms with Crippen molar-refractivity contribution in [3.8, 4) is 5.75 Å². The zero-order chi connectivity index (χ0) is 16.3. The molecule has 1 fully saturated rings. The fourth-order valence-corrected chi connectivity index (χ4v) is 2.02. The lowest BCUT2D eigenvalue weighted by Crippen LogP contribution is -2.51. The summed E-state index contributed by atoms with van der Waals surface area (Å²) in [6.07, 6.45) is -4.85. The van der Waals surface area contributed by atoms with Crippen LogP contribution in [0, 0.1) is 0 Å². The fraction of sp³-hybridized carbons (Fsp3) is 0.333. The minimum absolute atomic E-state index is 0.0885. The highest BCUT2D eigenvalue weighted by molar-refractivity contribution is 6.32. The van der Waals surface area contributed by atoms with Crippen molar-refractivity contribution in [2.45, 2.75) is 6.36 Å². The number of benzene rings is 1. The minimum Gasteiger partial charge on any atom is -0.404 e. The Kier molecular flexibility index (Phi) is 4.65. The lowest BCUT2D eigenvalue weighted by Gasteiger charge is -2.26. The second kappa shape index (κ2) is 6.30. The van der Waals surface area contributed by atoms with Gasteiger partial charge in [0, 0.05) is 18.8 Å². The molecule has 0 aromatic heterocycles. The maximum atomic E-state index is 12.1. The standard InChI is InChI=1S/C12H11ClF3N3O3/c13-8-5-7(1-2-9(8)22-12(14,15)16)18-11(21)19-4-3-17-10(20)6-19/h1-2,5H,3-4,6H2,(H,17,20)(H,18,21). The quantitative estimate of drug-likeness (QED) is 0.869. The topological polar surface area (TPSA) is 70.7 Å². The van der Waals surface area contributed by atoms with Gasteiger partial charge in [0.05, 0.1) is 5.02 Å². The largest absolute Gasteiger partial charge is 0.573 e. The van der Waals surface area contributed by atoms with E-state index in [1.807, 2.05) is 0 Å². The Balaban J connectivity index is 2.02. The molecule has 2 N–H and O–H groups in total. The number of anilines is 1. The summed E-state index contributed by atoms with van der Waals surface area (Å²) in [6, 6.07) is 2.80. The van der Waals surface area contributed by atoms with E-state index in [4.69, 9.17) is 11.6 Å². The van der Waals surface area contributed by atoms with Crippen molar-refractivity contribution in [3.05, 3.63) is 23.2 Å². The van der Waals surface area contributed by atoms with E-state index >= 15 is 0 Å². The van der Waals surface area contributed by atoms with E-state index in [1.54, 1.807) is 0 Å². The molecule has 0 spiro atoms. The molecule has 1 aliphatic heterocycles. The van der Waals surface area contributed by atoms with Gasteiger partial charge in [0.1, 0.15) is 12.3 Å². The number of carbonyl (C=O) groups excluding carboxylic acids is 2. The fourth-order valence-electron chi connectivity index (χ4n) is 1.80. The van der Waals surface area contributed by atoms with Crippen molar-refractivity contribution in [1.82, 2.24) is 10.2 Å². The summed E-state index contributed by atoms with van der Waals surface area (Å²) in [4.78, 5) is 24.4. The number of urea groups is 1. The number of amides is 3. The second-order valence-corrected chi connectivity index (χ2v) is 4.80. The van der Waals surface area contributed by atoms with Gasteiger partial charge in [-0.1, -0.05) is 11.6 Å². The molecule has 1 aromatic rings. The van der Waals surface area contributed by atoms with Gasteiger partial charge in [-0.2, -0.15) is 0 Å². The van der Waals surface area contributed by atoms with Crippen LogP contribution in [0.3, 0.4) is 0 Å². The SMILES string of the molecule is O=C1CN(C(=O)Nc2ccc(OC(F)(F)F)c(Cl)c2)CCN1. The Labute approximate surface area is 128 Å². The predicted molar refractivity (Wildman–Crippen MR) is 71.7 cm³/mol. The second-order valence-electron chi connectivity index (χ2n) is 4.39. The van der Waals surface area contributed by atoms with Gasteiger partial charge in [-0.15, -0.1) is 13.2 Å². The number of carbonyl (C=O) groups is 2. The van der Waals surface area contributed by atoms with Crippen molar-refractivity contribution in [2.75, 3.05) is 25.0 Å². The minimum atomic E-state index is -4.85. The molecule has 0 atom stereocenters. The lowest BCUT2D eigenvalue weighted by molar-refractivity contribution is -0.274. The molecule has 1 aliphatic rings. The van der Waals surface area contributed by atoms with Gasteiger partial charge < -0.3 is 20.3 Å². The number of hydrogen-bond donors (Lipinski definition) is 2. The highest BCUT2D eigenvalue weighted by Gasteiger charge is 2.32. The molecule has 0 bridgehead atoms. The van der Waals surface area contributed by atoms with E-state index in [0.29, 0.717) is 13.1 Å². The van der Waals surface area contributed by atoms with Gasteiger partial charge in [0.25, 0.3) is 0 Å². The van der Waals surface area contributed by atoms with E-state index in [-0.39, 0.29) is 23.2 Å². The predicted octanol–water partition coefficient (Wildman–Crippen LogP) is 2.20. The molecule has 1 aromatic carbocycles. The summed E-state index contributed by atoms with van der Waals surface area (Å²) < 4.78 is 40.1. The molecular formula is C12H11ClF3N3O3. The van der Waals surface area contributed by atoms with Crippen LogP contribution in [0.2, 0.25) is 5.02 Å². The molecule has 6 nitrogen and oxygen atoms in total. The van der Waals surface area contributed by atoms with Crippen LogP contribution in [0.4, 0.5) is 23.7 Å². The van der Waals surface area contributed by atoms with Crippen LogP contribution in [0.15, 0.2) is 18.2 Å². The summed E-state index contributed by atoms with van der Waals surface area (Å²) >= 11 is 5.67. The van der Waals surface area contributed by atoms with Crippen molar-refractivity contribution < 1.29 is 27.5 Å². The third-order valence-corrected chi connectivity index (χ3v) is 3.03. The van der Waals surface area contributed by atoms with Gasteiger partial charge in [0.15, 0.2) is 0 Å². The van der Waals surface area contributed by atoms with E-state index in [1.165, 1.54) is 11.0 Å². The molecular weight excluding hydrogens is 327 g/mol. The van der Waals surface area contributed by atoms with Gasteiger partial charge in [-0.3, -0.25) is 4.79 Å². The Morgan fingerprint density at radius 2 is 2.14 bits per heavy atom. The average Bonchev–Trinajstić information content (AvgIpc) is 2.40. The van der Waals surface area contributed by atoms with Crippen molar-refractivity contribution in [1.29, 1.82) is 0 Å². The van der Waals surface area contributed by atoms with E-state index in [0.717, 1.165) is 12.1 Å². The van der Waals surface area contributed by atoms with Crippen molar-refractivity contribution >= 4 is 29.2 Å². The normalized spacial score (nSPS) is 15.3. The Morgan fingerprint density at radius 1 is 1.41 bits per heavy atom. The van der Waals surface area contributed by atoms with E-state index in [9.17, 15) is 22.8 Å². The molecule has 1 heterocycles. The van der Waals surface area contributed by atoms with E-state index < -0.39 is 18.1 Å². The van der Waals surface area contributed by atoms with Gasteiger partial charge in [-0.05, 0) is 18.2 Å². The molecule has 10 heteroatoms. The number of halogens is 4. The number of nitrogens with zero attached hydrogens (tertiary/aromatic N) is 1. The molecule has 0 unspecified atom stereocenters. The molecule has 1 saturated heterocycles. The Hall–Kier alpha value is -2.16. The Bertz CT molecular complexity index is 595. The number of rotatable bonds is 2. The molecule has 2 rings (SSSR count). The lowest BCUT2D eigenvalue weighted by atomic mass is 10.3. The molecule has 0 radical (unpaired) electrons. The number of hydrogen-bond acceptors (Lipinski definition) is 3. The third-order valence-electron chi connectivity index (χ3n) is 2.73. The maximum Gasteiger partial charge on any atom is 0.573 e. The number of nitrogens with one attached hydrogen (secondary N) is 2. The first-order valence-electron chi connectivity index (χ1n) is 6.12. The van der Waals surface area contributed by atoms with Gasteiger partial charge in [-0.25, -0.2) is 4.79 Å². The number of alkyl halides is 3. The van der Waals surface area contributed by atoms with Crippen molar-refractivity contribution in [2.24, 2.45) is 0 Å². The van der Waals surface area contributed by atoms with Gasteiger partial charge in [0.2, 0.25) is 5.91 Å². The first kappa shape index (κ1) is 16.2. The average molecular weight is 338 g/mol. The molecule has 22 heavy (non-hydrogen) atoms. The summed E-state index contributed by atoms with van der Waals surface area (Å²) in [5, 5.41) is 4.71. The molecule has 0 aliphatic carbocycles. The van der Waals surface area contributed by atoms with Crippen LogP contribution < -0.4 is 15.4 Å². The van der Waals surface area contributed by atoms with E-state index in [2.05, 4.69) is 15.4 Å². The summed E-state index contributed by atoms with van der Waals surface area (Å²) in [7, 11) is 0. The van der Waals surface area contributed by atoms with Crippen LogP contribution in [0.5, 0.6) is 5.75 Å². The zero-order valence-corrected chi connectivity index (χ0v) is 11.8. The van der Waals surface area contributed by atoms with Crippen LogP contribution >= 0.6 is 11.6 Å².